The van der Waals surface area contributed by atoms with Crippen molar-refractivity contribution in [1.82, 2.24) is 9.29 Å². The molecular weight excluding hydrogens is 270 g/mol. The minimum Gasteiger partial charge on any atom is -0.375 e. The maximum Gasteiger partial charge on any atom is 0.254 e. The summed E-state index contributed by atoms with van der Waals surface area (Å²) in [5.41, 5.74) is 6.09. The van der Waals surface area contributed by atoms with Crippen molar-refractivity contribution >= 4 is 26.5 Å². The largest absolute Gasteiger partial charge is 0.375 e. The van der Waals surface area contributed by atoms with Gasteiger partial charge in [0.2, 0.25) is 0 Å². The van der Waals surface area contributed by atoms with Crippen molar-refractivity contribution in [3.63, 3.8) is 0 Å². The van der Waals surface area contributed by atoms with E-state index in [1.54, 1.807) is 11.2 Å². The highest BCUT2D eigenvalue weighted by atomic mass is 32.2. The lowest BCUT2D eigenvalue weighted by atomic mass is 9.94. The SMILES string of the molecule is Cc1nc(N)sc1S(=O)(=O)N1CCCC(C)C1C. The lowest BCUT2D eigenvalue weighted by Crippen LogP contribution is -2.45. The molecule has 2 unspecified atom stereocenters. The molecule has 5 nitrogen and oxygen atoms in total. The molecule has 1 aliphatic rings. The fraction of sp³-hybridized carbons (Fsp3) is 0.727. The molecule has 0 aromatic carbocycles. The highest BCUT2D eigenvalue weighted by Crippen LogP contribution is 2.33. The number of nitrogens with zero attached hydrogens (tertiary/aromatic N) is 2. The van der Waals surface area contributed by atoms with Crippen molar-refractivity contribution in [2.75, 3.05) is 12.3 Å². The molecular formula is C11H19N3O2S2. The van der Waals surface area contributed by atoms with Gasteiger partial charge in [-0.1, -0.05) is 18.3 Å². The van der Waals surface area contributed by atoms with E-state index in [2.05, 4.69) is 11.9 Å². The smallest absolute Gasteiger partial charge is 0.254 e. The second kappa shape index (κ2) is 4.79. The van der Waals surface area contributed by atoms with Crippen LogP contribution in [0.4, 0.5) is 5.13 Å². The summed E-state index contributed by atoms with van der Waals surface area (Å²) in [6.45, 7) is 6.35. The number of hydrogen-bond donors (Lipinski definition) is 1. The number of nitrogens with two attached hydrogens (primary N) is 1. The van der Waals surface area contributed by atoms with Crippen molar-refractivity contribution in [1.29, 1.82) is 0 Å². The highest BCUT2D eigenvalue weighted by Gasteiger charge is 2.36. The van der Waals surface area contributed by atoms with E-state index >= 15 is 0 Å². The number of hydrogen-bond acceptors (Lipinski definition) is 5. The summed E-state index contributed by atoms with van der Waals surface area (Å²) >= 11 is 1.06. The quantitative estimate of drug-likeness (QED) is 0.901. The molecule has 0 amide bonds. The van der Waals surface area contributed by atoms with Gasteiger partial charge in [0.1, 0.15) is 0 Å². The van der Waals surface area contributed by atoms with Crippen LogP contribution in [0.25, 0.3) is 0 Å². The number of aromatic nitrogens is 1. The predicted molar refractivity (Wildman–Crippen MR) is 73.0 cm³/mol. The molecule has 2 heterocycles. The zero-order valence-corrected chi connectivity index (χ0v) is 12.5. The molecule has 2 N–H and O–H groups in total. The summed E-state index contributed by atoms with van der Waals surface area (Å²) in [5, 5.41) is 0.309. The van der Waals surface area contributed by atoms with Crippen molar-refractivity contribution in [2.24, 2.45) is 5.92 Å². The Morgan fingerprint density at radius 3 is 2.67 bits per heavy atom. The van der Waals surface area contributed by atoms with Gasteiger partial charge in [-0.3, -0.25) is 0 Å². The van der Waals surface area contributed by atoms with Gasteiger partial charge in [-0.05, 0) is 32.6 Å². The predicted octanol–water partition coefficient (Wildman–Crippen LogP) is 1.84. The van der Waals surface area contributed by atoms with E-state index < -0.39 is 10.0 Å². The van der Waals surface area contributed by atoms with E-state index in [1.807, 2.05) is 6.92 Å². The third kappa shape index (κ3) is 2.26. The van der Waals surface area contributed by atoms with Gasteiger partial charge in [-0.25, -0.2) is 13.4 Å². The highest BCUT2D eigenvalue weighted by molar-refractivity contribution is 7.91. The monoisotopic (exact) mass is 289 g/mol. The van der Waals surface area contributed by atoms with Gasteiger partial charge in [-0.15, -0.1) is 0 Å². The molecule has 102 valence electrons. The minimum absolute atomic E-state index is 0.0338. The fourth-order valence-corrected chi connectivity index (χ4v) is 5.56. The molecule has 18 heavy (non-hydrogen) atoms. The van der Waals surface area contributed by atoms with Crippen LogP contribution in [-0.4, -0.2) is 30.3 Å². The lowest BCUT2D eigenvalue weighted by Gasteiger charge is -2.36. The van der Waals surface area contributed by atoms with Crippen LogP contribution in [0.2, 0.25) is 0 Å². The fourth-order valence-electron chi connectivity index (χ4n) is 2.39. The Bertz CT molecular complexity index is 538. The third-order valence-corrected chi connectivity index (χ3v) is 7.19. The molecule has 2 atom stereocenters. The van der Waals surface area contributed by atoms with Crippen LogP contribution in [0.5, 0.6) is 0 Å². The van der Waals surface area contributed by atoms with E-state index in [0.29, 0.717) is 27.5 Å². The Morgan fingerprint density at radius 2 is 2.11 bits per heavy atom. The average molecular weight is 289 g/mol. The maximum atomic E-state index is 12.6. The van der Waals surface area contributed by atoms with Gasteiger partial charge < -0.3 is 5.73 Å². The number of piperidine rings is 1. The van der Waals surface area contributed by atoms with E-state index in [-0.39, 0.29) is 6.04 Å². The maximum absolute atomic E-state index is 12.6. The van der Waals surface area contributed by atoms with Gasteiger partial charge in [0, 0.05) is 12.6 Å². The first kappa shape index (κ1) is 13.8. The van der Waals surface area contributed by atoms with Gasteiger partial charge in [-0.2, -0.15) is 4.31 Å². The van der Waals surface area contributed by atoms with E-state index in [1.165, 1.54) is 0 Å². The molecule has 1 aromatic rings. The van der Waals surface area contributed by atoms with Gasteiger partial charge in [0.15, 0.2) is 9.34 Å². The molecule has 1 aromatic heterocycles. The molecule has 0 bridgehead atoms. The Labute approximate surface area is 112 Å². The van der Waals surface area contributed by atoms with Gasteiger partial charge in [0.05, 0.1) is 5.69 Å². The molecule has 0 aliphatic carbocycles. The first-order valence-electron chi connectivity index (χ1n) is 6.08. The van der Waals surface area contributed by atoms with Crippen LogP contribution < -0.4 is 5.73 Å². The second-order valence-electron chi connectivity index (χ2n) is 4.90. The molecule has 7 heteroatoms. The molecule has 0 radical (unpaired) electrons. The summed E-state index contributed by atoms with van der Waals surface area (Å²) in [7, 11) is -3.44. The third-order valence-electron chi connectivity index (χ3n) is 3.63. The molecule has 0 spiro atoms. The Morgan fingerprint density at radius 1 is 1.44 bits per heavy atom. The van der Waals surface area contributed by atoms with E-state index in [9.17, 15) is 8.42 Å². The van der Waals surface area contributed by atoms with Crippen molar-refractivity contribution in [3.05, 3.63) is 5.69 Å². The Kier molecular flexibility index (Phi) is 3.66. The number of rotatable bonds is 2. The lowest BCUT2D eigenvalue weighted by molar-refractivity contribution is 0.202. The summed E-state index contributed by atoms with van der Waals surface area (Å²) in [6.07, 6.45) is 2.00. The molecule has 1 aliphatic heterocycles. The molecule has 1 saturated heterocycles. The number of aryl methyl sites for hydroxylation is 1. The Balaban J connectivity index is 2.39. The van der Waals surface area contributed by atoms with Crippen LogP contribution in [0, 0.1) is 12.8 Å². The zero-order chi connectivity index (χ0) is 13.5. The van der Waals surface area contributed by atoms with Crippen molar-refractivity contribution in [3.8, 4) is 0 Å². The minimum atomic E-state index is -3.44. The number of sulfonamides is 1. The average Bonchev–Trinajstić information content (AvgIpc) is 2.62. The van der Waals surface area contributed by atoms with Crippen LogP contribution in [0.15, 0.2) is 4.21 Å². The standard InChI is InChI=1S/C11H19N3O2S2/c1-7-5-4-6-14(9(7)3)18(15,16)10-8(2)13-11(12)17-10/h7,9H,4-6H2,1-3H3,(H2,12,13). The normalized spacial score (nSPS) is 26.4. The second-order valence-corrected chi connectivity index (χ2v) is 8.02. The summed E-state index contributed by atoms with van der Waals surface area (Å²) in [4.78, 5) is 4.01. The van der Waals surface area contributed by atoms with Crippen LogP contribution in [-0.2, 0) is 10.0 Å². The first-order valence-corrected chi connectivity index (χ1v) is 8.34. The molecule has 0 saturated carbocycles. The van der Waals surface area contributed by atoms with Crippen molar-refractivity contribution < 1.29 is 8.42 Å². The van der Waals surface area contributed by atoms with Gasteiger partial charge >= 0.3 is 0 Å². The molecule has 2 rings (SSSR count). The number of nitrogen functional groups attached to an aromatic ring is 1. The van der Waals surface area contributed by atoms with Crippen LogP contribution in [0.1, 0.15) is 32.4 Å². The number of anilines is 1. The van der Waals surface area contributed by atoms with E-state index in [4.69, 9.17) is 5.73 Å². The van der Waals surface area contributed by atoms with E-state index in [0.717, 1.165) is 24.2 Å². The topological polar surface area (TPSA) is 76.3 Å². The van der Waals surface area contributed by atoms with Crippen molar-refractivity contribution in [2.45, 2.75) is 43.9 Å². The van der Waals surface area contributed by atoms with Crippen LogP contribution >= 0.6 is 11.3 Å². The first-order chi connectivity index (χ1) is 8.34. The van der Waals surface area contributed by atoms with Gasteiger partial charge in [0.25, 0.3) is 10.0 Å². The summed E-state index contributed by atoms with van der Waals surface area (Å²) in [6, 6.07) is 0.0338. The van der Waals surface area contributed by atoms with Crippen LogP contribution in [0.3, 0.4) is 0 Å². The Hall–Kier alpha value is -0.660. The summed E-state index contributed by atoms with van der Waals surface area (Å²) in [5.74, 6) is 0.388. The zero-order valence-electron chi connectivity index (χ0n) is 10.9. The molecule has 1 fully saturated rings. The number of thiazole rings is 1. The summed E-state index contributed by atoms with van der Waals surface area (Å²) < 4.78 is 27.1.